The fourth-order valence-corrected chi connectivity index (χ4v) is 2.22. The second-order valence-corrected chi connectivity index (χ2v) is 5.87. The molecule has 2 atom stereocenters. The van der Waals surface area contributed by atoms with E-state index in [0.717, 1.165) is 11.1 Å². The summed E-state index contributed by atoms with van der Waals surface area (Å²) in [7, 11) is 0. The first-order valence-corrected chi connectivity index (χ1v) is 6.61. The lowest BCUT2D eigenvalue weighted by Crippen LogP contribution is -2.45. The third kappa shape index (κ3) is 3.89. The molecule has 0 saturated carbocycles. The first kappa shape index (κ1) is 15.9. The van der Waals surface area contributed by atoms with Crippen LogP contribution in [0, 0.1) is 12.3 Å². The molecular formula is C14H26N4O. The van der Waals surface area contributed by atoms with Gasteiger partial charge in [-0.25, -0.2) is 4.98 Å². The van der Waals surface area contributed by atoms with Crippen molar-refractivity contribution in [1.29, 1.82) is 0 Å². The smallest absolute Gasteiger partial charge is 0.128 e. The van der Waals surface area contributed by atoms with Crippen molar-refractivity contribution >= 4 is 5.82 Å². The molecule has 5 nitrogen and oxygen atoms in total. The van der Waals surface area contributed by atoms with Gasteiger partial charge in [0.1, 0.15) is 5.82 Å². The first-order valence-electron chi connectivity index (χ1n) is 6.61. The number of anilines is 1. The third-order valence-corrected chi connectivity index (χ3v) is 3.10. The molecule has 1 aromatic heterocycles. The molecule has 1 rings (SSSR count). The van der Waals surface area contributed by atoms with Gasteiger partial charge >= 0.3 is 0 Å². The van der Waals surface area contributed by atoms with E-state index in [1.54, 1.807) is 6.20 Å². The fourth-order valence-electron chi connectivity index (χ4n) is 2.22. The molecule has 0 aliphatic carbocycles. The first-order chi connectivity index (χ1) is 8.81. The number of nitrogens with two attached hydrogens (primary N) is 2. The Hall–Kier alpha value is -1.17. The Morgan fingerprint density at radius 3 is 2.53 bits per heavy atom. The van der Waals surface area contributed by atoms with Crippen LogP contribution in [0.3, 0.4) is 0 Å². The summed E-state index contributed by atoms with van der Waals surface area (Å²) < 4.78 is 5.88. The van der Waals surface area contributed by atoms with Crippen molar-refractivity contribution < 1.29 is 4.74 Å². The van der Waals surface area contributed by atoms with Crippen LogP contribution in [0.25, 0.3) is 0 Å². The summed E-state index contributed by atoms with van der Waals surface area (Å²) in [5.74, 6) is 6.23. The van der Waals surface area contributed by atoms with Crippen molar-refractivity contribution in [2.75, 3.05) is 12.3 Å². The zero-order valence-corrected chi connectivity index (χ0v) is 12.5. The Balaban J connectivity index is 3.19. The molecule has 0 fully saturated rings. The van der Waals surface area contributed by atoms with Crippen molar-refractivity contribution in [3.63, 3.8) is 0 Å². The van der Waals surface area contributed by atoms with E-state index in [-0.39, 0.29) is 17.6 Å². The van der Waals surface area contributed by atoms with E-state index in [1.807, 2.05) is 19.9 Å². The van der Waals surface area contributed by atoms with Crippen LogP contribution in [-0.2, 0) is 4.74 Å². The number of aromatic nitrogens is 1. The Kier molecular flexibility index (Phi) is 5.29. The second kappa shape index (κ2) is 6.32. The number of aryl methyl sites for hydroxylation is 1. The van der Waals surface area contributed by atoms with Crippen molar-refractivity contribution in [2.24, 2.45) is 11.3 Å². The largest absolute Gasteiger partial charge is 0.383 e. The number of ether oxygens (including phenoxy) is 1. The molecule has 0 bridgehead atoms. The van der Waals surface area contributed by atoms with Crippen LogP contribution in [0.5, 0.6) is 0 Å². The molecule has 0 aromatic carbocycles. The number of hydrazine groups is 1. The molecule has 5 N–H and O–H groups in total. The number of hydrogen-bond acceptors (Lipinski definition) is 5. The van der Waals surface area contributed by atoms with Gasteiger partial charge in [-0.2, -0.15) is 0 Å². The van der Waals surface area contributed by atoms with Gasteiger partial charge in [0, 0.05) is 18.4 Å². The minimum Gasteiger partial charge on any atom is -0.383 e. The van der Waals surface area contributed by atoms with E-state index in [2.05, 4.69) is 31.2 Å². The molecule has 0 radical (unpaired) electrons. The number of hydrogen-bond donors (Lipinski definition) is 3. The molecule has 19 heavy (non-hydrogen) atoms. The molecule has 1 heterocycles. The minimum atomic E-state index is -0.188. The van der Waals surface area contributed by atoms with Gasteiger partial charge in [0.05, 0.1) is 12.1 Å². The van der Waals surface area contributed by atoms with Crippen LogP contribution in [0.15, 0.2) is 12.3 Å². The number of pyridine rings is 1. The molecule has 108 valence electrons. The topological polar surface area (TPSA) is 86.2 Å². The minimum absolute atomic E-state index is 0.0662. The van der Waals surface area contributed by atoms with E-state index in [1.165, 1.54) is 0 Å². The van der Waals surface area contributed by atoms with E-state index in [4.69, 9.17) is 16.3 Å². The van der Waals surface area contributed by atoms with E-state index < -0.39 is 0 Å². The molecular weight excluding hydrogens is 240 g/mol. The highest BCUT2D eigenvalue weighted by Crippen LogP contribution is 2.34. The maximum atomic E-state index is 5.98. The average Bonchev–Trinajstić information content (AvgIpc) is 2.32. The Labute approximate surface area is 115 Å². The monoisotopic (exact) mass is 266 g/mol. The number of rotatable bonds is 5. The van der Waals surface area contributed by atoms with Gasteiger partial charge in [-0.15, -0.1) is 0 Å². The zero-order chi connectivity index (χ0) is 14.6. The quantitative estimate of drug-likeness (QED) is 0.560. The van der Waals surface area contributed by atoms with Crippen LogP contribution in [0.1, 0.15) is 44.9 Å². The normalized spacial score (nSPS) is 15.3. The lowest BCUT2D eigenvalue weighted by atomic mass is 9.82. The van der Waals surface area contributed by atoms with Crippen LogP contribution in [-0.4, -0.2) is 17.7 Å². The molecule has 5 heteroatoms. The lowest BCUT2D eigenvalue weighted by Gasteiger charge is -2.37. The van der Waals surface area contributed by atoms with Gasteiger partial charge in [0.2, 0.25) is 0 Å². The lowest BCUT2D eigenvalue weighted by molar-refractivity contribution is -0.0365. The van der Waals surface area contributed by atoms with Crippen molar-refractivity contribution in [2.45, 2.75) is 46.8 Å². The molecule has 0 amide bonds. The van der Waals surface area contributed by atoms with E-state index in [0.29, 0.717) is 12.4 Å². The highest BCUT2D eigenvalue weighted by Gasteiger charge is 2.34. The number of nitrogens with zero attached hydrogens (tertiary/aromatic N) is 1. The highest BCUT2D eigenvalue weighted by molar-refractivity contribution is 5.43. The van der Waals surface area contributed by atoms with Crippen LogP contribution in [0.2, 0.25) is 0 Å². The van der Waals surface area contributed by atoms with Gasteiger partial charge < -0.3 is 10.5 Å². The molecule has 0 spiro atoms. The van der Waals surface area contributed by atoms with Gasteiger partial charge in [-0.1, -0.05) is 20.8 Å². The molecule has 1 aromatic rings. The van der Waals surface area contributed by atoms with Crippen LogP contribution in [0.4, 0.5) is 5.82 Å². The SMILES string of the molecule is CCOC(C(NN)c1cc(C)cnc1N)C(C)(C)C. The predicted octanol–water partition coefficient (Wildman–Crippen LogP) is 1.93. The number of nitrogen functional groups attached to an aromatic ring is 1. The van der Waals surface area contributed by atoms with Gasteiger partial charge in [-0.3, -0.25) is 11.3 Å². The van der Waals surface area contributed by atoms with Crippen molar-refractivity contribution in [3.05, 3.63) is 23.4 Å². The predicted molar refractivity (Wildman–Crippen MR) is 78.3 cm³/mol. The standard InChI is InChI=1S/C14H26N4O/c1-6-19-12(14(3,4)5)11(18-16)10-7-9(2)8-17-13(10)15/h7-8,11-12,18H,6,16H2,1-5H3,(H2,15,17). The van der Waals surface area contributed by atoms with Crippen molar-refractivity contribution in [1.82, 2.24) is 10.4 Å². The van der Waals surface area contributed by atoms with Gasteiger partial charge in [0.25, 0.3) is 0 Å². The molecule has 0 aliphatic rings. The summed E-state index contributed by atoms with van der Waals surface area (Å²) in [4.78, 5) is 4.20. The molecule has 2 unspecified atom stereocenters. The van der Waals surface area contributed by atoms with Gasteiger partial charge in [0.15, 0.2) is 0 Å². The third-order valence-electron chi connectivity index (χ3n) is 3.10. The van der Waals surface area contributed by atoms with E-state index in [9.17, 15) is 0 Å². The summed E-state index contributed by atoms with van der Waals surface area (Å²) in [5, 5.41) is 0. The second-order valence-electron chi connectivity index (χ2n) is 5.87. The molecule has 0 saturated heterocycles. The molecule has 0 aliphatic heterocycles. The van der Waals surface area contributed by atoms with Crippen LogP contribution >= 0.6 is 0 Å². The van der Waals surface area contributed by atoms with Crippen molar-refractivity contribution in [3.8, 4) is 0 Å². The average molecular weight is 266 g/mol. The van der Waals surface area contributed by atoms with Crippen LogP contribution < -0.4 is 17.0 Å². The Morgan fingerprint density at radius 2 is 2.05 bits per heavy atom. The Morgan fingerprint density at radius 1 is 1.42 bits per heavy atom. The maximum Gasteiger partial charge on any atom is 0.128 e. The fraction of sp³-hybridized carbons (Fsp3) is 0.643. The zero-order valence-electron chi connectivity index (χ0n) is 12.5. The summed E-state index contributed by atoms with van der Waals surface area (Å²) in [6.45, 7) is 10.9. The maximum absolute atomic E-state index is 5.98. The summed E-state index contributed by atoms with van der Waals surface area (Å²) in [5.41, 5.74) is 10.7. The summed E-state index contributed by atoms with van der Waals surface area (Å²) in [6, 6.07) is 1.82. The van der Waals surface area contributed by atoms with E-state index >= 15 is 0 Å². The summed E-state index contributed by atoms with van der Waals surface area (Å²) >= 11 is 0. The van der Waals surface area contributed by atoms with Gasteiger partial charge in [-0.05, 0) is 30.9 Å². The summed E-state index contributed by atoms with van der Waals surface area (Å²) in [6.07, 6.45) is 1.66. The Bertz CT molecular complexity index is 414. The number of nitrogens with one attached hydrogen (secondary N) is 1. The highest BCUT2D eigenvalue weighted by atomic mass is 16.5.